The maximum Gasteiger partial charge on any atom is 0.0773 e. The molecular weight excluding hydrogens is 172 g/mol. The quantitative estimate of drug-likeness (QED) is 0.438. The lowest BCUT2D eigenvalue weighted by atomic mass is 9.93. The van der Waals surface area contributed by atoms with Gasteiger partial charge in [0.15, 0.2) is 0 Å². The molecule has 0 amide bonds. The summed E-state index contributed by atoms with van der Waals surface area (Å²) in [6.07, 6.45) is 0.356. The highest BCUT2D eigenvalue weighted by Gasteiger charge is 2.15. The third-order valence-electron chi connectivity index (χ3n) is 2.21. The van der Waals surface area contributed by atoms with Gasteiger partial charge in [0, 0.05) is 0 Å². The first-order chi connectivity index (χ1) is 6.13. The lowest BCUT2D eigenvalue weighted by Gasteiger charge is -2.19. The van der Waals surface area contributed by atoms with E-state index < -0.39 is 12.2 Å². The Labute approximate surface area is 78.8 Å². The summed E-state index contributed by atoms with van der Waals surface area (Å²) < 4.78 is 0. The van der Waals surface area contributed by atoms with Gasteiger partial charge in [-0.25, -0.2) is 0 Å². The number of aliphatic hydroxyl groups is 4. The van der Waals surface area contributed by atoms with Crippen LogP contribution in [0.25, 0.3) is 0 Å². The Morgan fingerprint density at radius 3 is 1.54 bits per heavy atom. The summed E-state index contributed by atoms with van der Waals surface area (Å²) in [5, 5.41) is 35.5. The van der Waals surface area contributed by atoms with Gasteiger partial charge in [-0.05, 0) is 18.8 Å². The summed E-state index contributed by atoms with van der Waals surface area (Å²) in [5.41, 5.74) is 0. The highest BCUT2D eigenvalue weighted by atomic mass is 16.3. The fourth-order valence-electron chi connectivity index (χ4n) is 1.35. The van der Waals surface area contributed by atoms with Crippen LogP contribution >= 0.6 is 0 Å². The van der Waals surface area contributed by atoms with Crippen molar-refractivity contribution in [3.05, 3.63) is 0 Å². The Hall–Kier alpha value is -0.160. The van der Waals surface area contributed by atoms with Crippen molar-refractivity contribution >= 4 is 0 Å². The summed E-state index contributed by atoms with van der Waals surface area (Å²) in [6, 6.07) is 0. The Bertz CT molecular complexity index is 106. The van der Waals surface area contributed by atoms with E-state index in [-0.39, 0.29) is 19.1 Å². The molecule has 0 aliphatic heterocycles. The van der Waals surface area contributed by atoms with Gasteiger partial charge in [-0.1, -0.05) is 13.3 Å². The molecule has 80 valence electrons. The first-order valence-electron chi connectivity index (χ1n) is 4.71. The highest BCUT2D eigenvalue weighted by molar-refractivity contribution is 4.67. The molecule has 0 saturated heterocycles. The molecule has 0 aromatic rings. The van der Waals surface area contributed by atoms with Crippen LogP contribution in [0.4, 0.5) is 0 Å². The maximum absolute atomic E-state index is 9.15. The summed E-state index contributed by atoms with van der Waals surface area (Å²) in [7, 11) is 0. The predicted molar refractivity (Wildman–Crippen MR) is 49.2 cm³/mol. The second-order valence-electron chi connectivity index (χ2n) is 3.42. The highest BCUT2D eigenvalue weighted by Crippen LogP contribution is 2.17. The van der Waals surface area contributed by atoms with Crippen molar-refractivity contribution in [2.24, 2.45) is 5.92 Å². The van der Waals surface area contributed by atoms with Gasteiger partial charge in [0.1, 0.15) is 0 Å². The van der Waals surface area contributed by atoms with Gasteiger partial charge in [0.05, 0.1) is 25.4 Å². The first kappa shape index (κ1) is 12.8. The number of rotatable bonds is 7. The van der Waals surface area contributed by atoms with Crippen LogP contribution < -0.4 is 0 Å². The largest absolute Gasteiger partial charge is 0.394 e. The van der Waals surface area contributed by atoms with Gasteiger partial charge < -0.3 is 20.4 Å². The Morgan fingerprint density at radius 2 is 1.31 bits per heavy atom. The van der Waals surface area contributed by atoms with Crippen molar-refractivity contribution in [2.45, 2.75) is 38.4 Å². The van der Waals surface area contributed by atoms with Crippen LogP contribution in [0.3, 0.4) is 0 Å². The average Bonchev–Trinajstić information content (AvgIpc) is 2.16. The molecule has 4 heteroatoms. The van der Waals surface area contributed by atoms with Crippen LogP contribution in [-0.4, -0.2) is 45.8 Å². The van der Waals surface area contributed by atoms with Gasteiger partial charge in [0.2, 0.25) is 0 Å². The molecule has 2 unspecified atom stereocenters. The van der Waals surface area contributed by atoms with E-state index in [0.29, 0.717) is 12.8 Å². The molecule has 4 nitrogen and oxygen atoms in total. The molecule has 0 aliphatic rings. The summed E-state index contributed by atoms with van der Waals surface area (Å²) in [6.45, 7) is 1.47. The number of hydrogen-bond donors (Lipinski definition) is 4. The van der Waals surface area contributed by atoms with Crippen LogP contribution in [-0.2, 0) is 0 Å². The lowest BCUT2D eigenvalue weighted by molar-refractivity contribution is 0.0434. The van der Waals surface area contributed by atoms with E-state index >= 15 is 0 Å². The molecule has 0 aromatic heterocycles. The van der Waals surface area contributed by atoms with Crippen molar-refractivity contribution in [3.63, 3.8) is 0 Å². The number of aliphatic hydroxyl groups excluding tert-OH is 4. The average molecular weight is 192 g/mol. The van der Waals surface area contributed by atoms with Gasteiger partial charge in [-0.3, -0.25) is 0 Å². The second kappa shape index (κ2) is 7.26. The fourth-order valence-corrected chi connectivity index (χ4v) is 1.35. The van der Waals surface area contributed by atoms with Crippen LogP contribution in [0.15, 0.2) is 0 Å². The van der Waals surface area contributed by atoms with E-state index in [9.17, 15) is 0 Å². The molecule has 2 atom stereocenters. The molecule has 0 bridgehead atoms. The van der Waals surface area contributed by atoms with Crippen molar-refractivity contribution in [1.82, 2.24) is 0 Å². The third-order valence-corrected chi connectivity index (χ3v) is 2.21. The van der Waals surface area contributed by atoms with E-state index in [0.717, 1.165) is 6.42 Å². The second-order valence-corrected chi connectivity index (χ2v) is 3.42. The van der Waals surface area contributed by atoms with E-state index in [1.807, 2.05) is 6.92 Å². The number of hydrogen-bond acceptors (Lipinski definition) is 4. The van der Waals surface area contributed by atoms with Crippen LogP contribution in [0.1, 0.15) is 26.2 Å². The minimum absolute atomic E-state index is 0.157. The molecular formula is C9H20O4. The van der Waals surface area contributed by atoms with Gasteiger partial charge in [0.25, 0.3) is 0 Å². The molecule has 13 heavy (non-hydrogen) atoms. The lowest BCUT2D eigenvalue weighted by Crippen LogP contribution is -2.22. The van der Waals surface area contributed by atoms with E-state index in [4.69, 9.17) is 20.4 Å². The van der Waals surface area contributed by atoms with Crippen molar-refractivity contribution in [3.8, 4) is 0 Å². The van der Waals surface area contributed by atoms with E-state index in [1.165, 1.54) is 0 Å². The predicted octanol–water partition coefficient (Wildman–Crippen LogP) is -0.501. The first-order valence-corrected chi connectivity index (χ1v) is 4.71. The zero-order chi connectivity index (χ0) is 10.3. The molecule has 0 saturated carbocycles. The van der Waals surface area contributed by atoms with Gasteiger partial charge >= 0.3 is 0 Å². The van der Waals surface area contributed by atoms with Crippen LogP contribution in [0.2, 0.25) is 0 Å². The molecule has 0 radical (unpaired) electrons. The zero-order valence-corrected chi connectivity index (χ0v) is 8.06. The van der Waals surface area contributed by atoms with Crippen molar-refractivity contribution < 1.29 is 20.4 Å². The molecule has 0 rings (SSSR count). The summed E-state index contributed by atoms with van der Waals surface area (Å²) >= 11 is 0. The Kier molecular flexibility index (Phi) is 7.17. The van der Waals surface area contributed by atoms with Crippen LogP contribution in [0.5, 0.6) is 0 Å². The minimum atomic E-state index is -0.712. The monoisotopic (exact) mass is 192 g/mol. The molecule has 0 fully saturated rings. The summed E-state index contributed by atoms with van der Waals surface area (Å²) in [4.78, 5) is 0. The van der Waals surface area contributed by atoms with Gasteiger partial charge in [-0.2, -0.15) is 0 Å². The van der Waals surface area contributed by atoms with Crippen molar-refractivity contribution in [2.75, 3.05) is 13.2 Å². The Morgan fingerprint density at radius 1 is 0.923 bits per heavy atom. The molecule has 0 spiro atoms. The standard InChI is InChI=1S/C9H20O4/c1-2-7(3-8(12)5-10)4-9(13)6-11/h7-13H,2-6H2,1H3. The van der Waals surface area contributed by atoms with Crippen LogP contribution in [0, 0.1) is 5.92 Å². The van der Waals surface area contributed by atoms with E-state index in [2.05, 4.69) is 0 Å². The zero-order valence-electron chi connectivity index (χ0n) is 8.06. The Balaban J connectivity index is 3.74. The topological polar surface area (TPSA) is 80.9 Å². The SMILES string of the molecule is CCC(CC(O)CO)CC(O)CO. The minimum Gasteiger partial charge on any atom is -0.394 e. The molecule has 0 aromatic carbocycles. The van der Waals surface area contributed by atoms with Crippen molar-refractivity contribution in [1.29, 1.82) is 0 Å². The van der Waals surface area contributed by atoms with Gasteiger partial charge in [-0.15, -0.1) is 0 Å². The fraction of sp³-hybridized carbons (Fsp3) is 1.00. The van der Waals surface area contributed by atoms with E-state index in [1.54, 1.807) is 0 Å². The molecule has 0 aliphatic carbocycles. The normalized spacial score (nSPS) is 18.2. The summed E-state index contributed by atoms with van der Waals surface area (Å²) in [5.74, 6) is 0.157. The maximum atomic E-state index is 9.15. The molecule has 0 heterocycles. The molecule has 4 N–H and O–H groups in total. The third kappa shape index (κ3) is 5.99. The smallest absolute Gasteiger partial charge is 0.0773 e.